The quantitative estimate of drug-likeness (QED) is 0.759. The molecule has 1 aliphatic rings. The summed E-state index contributed by atoms with van der Waals surface area (Å²) in [5.74, 6) is 0. The van der Waals surface area contributed by atoms with Crippen LogP contribution in [-0.2, 0) is 13.6 Å². The Kier molecular flexibility index (Phi) is 5.54. The highest BCUT2D eigenvalue weighted by Gasteiger charge is 2.18. The summed E-state index contributed by atoms with van der Waals surface area (Å²) in [6.45, 7) is 6.57. The zero-order valence-electron chi connectivity index (χ0n) is 12.9. The van der Waals surface area contributed by atoms with Crippen LogP contribution in [0.5, 0.6) is 0 Å². The second-order valence-corrected chi connectivity index (χ2v) is 5.90. The molecule has 0 bridgehead atoms. The first-order valence-corrected chi connectivity index (χ1v) is 7.29. The van der Waals surface area contributed by atoms with E-state index >= 15 is 0 Å². The number of likely N-dealkylation sites (N-methyl/N-ethyl adjacent to an activating group) is 2. The van der Waals surface area contributed by atoms with E-state index in [0.717, 1.165) is 39.3 Å². The lowest BCUT2D eigenvalue weighted by Crippen LogP contribution is -2.48. The van der Waals surface area contributed by atoms with Crippen LogP contribution < -0.4 is 0 Å². The van der Waals surface area contributed by atoms with Crippen molar-refractivity contribution >= 4 is 0 Å². The van der Waals surface area contributed by atoms with Gasteiger partial charge in [0.1, 0.15) is 0 Å². The fraction of sp³-hybridized carbons (Fsp3) is 0.786. The van der Waals surface area contributed by atoms with E-state index in [4.69, 9.17) is 0 Å². The molecule has 1 atom stereocenters. The number of β-amino-alcohol motifs (C(OH)–C–C–N with tert-alkyl or cyclic N) is 1. The van der Waals surface area contributed by atoms with Gasteiger partial charge < -0.3 is 10.0 Å². The summed E-state index contributed by atoms with van der Waals surface area (Å²) in [4.78, 5) is 6.83. The number of hydrogen-bond acceptors (Lipinski definition) is 5. The molecule has 0 spiro atoms. The number of aryl methyl sites for hydroxylation is 1. The normalized spacial score (nSPS) is 19.6. The second kappa shape index (κ2) is 7.17. The van der Waals surface area contributed by atoms with Crippen LogP contribution in [0.1, 0.15) is 5.69 Å². The number of piperazine rings is 1. The lowest BCUT2D eigenvalue weighted by molar-refractivity contribution is 0.0589. The molecular formula is C14H27N5O. The number of aliphatic hydroxyl groups is 1. The van der Waals surface area contributed by atoms with Crippen molar-refractivity contribution in [1.82, 2.24) is 24.5 Å². The van der Waals surface area contributed by atoms with Gasteiger partial charge in [-0.25, -0.2) is 0 Å². The zero-order valence-corrected chi connectivity index (χ0v) is 12.9. The zero-order chi connectivity index (χ0) is 14.5. The number of nitrogens with zero attached hydrogens (tertiary/aromatic N) is 5. The van der Waals surface area contributed by atoms with E-state index < -0.39 is 0 Å². The van der Waals surface area contributed by atoms with E-state index in [1.54, 1.807) is 0 Å². The van der Waals surface area contributed by atoms with E-state index in [-0.39, 0.29) is 6.10 Å². The average molecular weight is 281 g/mol. The molecule has 1 N–H and O–H groups in total. The van der Waals surface area contributed by atoms with Gasteiger partial charge in [-0.2, -0.15) is 5.10 Å². The number of aromatic nitrogens is 2. The summed E-state index contributed by atoms with van der Waals surface area (Å²) in [6.07, 6.45) is 1.51. The Balaban J connectivity index is 1.71. The number of aliphatic hydroxyl groups excluding tert-OH is 1. The maximum absolute atomic E-state index is 10.2. The molecule has 2 heterocycles. The molecule has 0 aliphatic carbocycles. The van der Waals surface area contributed by atoms with Crippen molar-refractivity contribution in [2.75, 3.05) is 53.4 Å². The summed E-state index contributed by atoms with van der Waals surface area (Å²) in [7, 11) is 6.14. The Morgan fingerprint density at radius 2 is 2.00 bits per heavy atom. The highest BCUT2D eigenvalue weighted by atomic mass is 16.3. The third-order valence-corrected chi connectivity index (χ3v) is 3.94. The lowest BCUT2D eigenvalue weighted by atomic mass is 10.2. The molecule has 2 rings (SSSR count). The predicted octanol–water partition coefficient (Wildman–Crippen LogP) is -0.540. The molecule has 0 aromatic carbocycles. The molecule has 1 unspecified atom stereocenters. The van der Waals surface area contributed by atoms with Crippen molar-refractivity contribution in [2.24, 2.45) is 7.05 Å². The van der Waals surface area contributed by atoms with Gasteiger partial charge in [0.15, 0.2) is 0 Å². The van der Waals surface area contributed by atoms with Gasteiger partial charge in [-0.15, -0.1) is 0 Å². The molecule has 20 heavy (non-hydrogen) atoms. The fourth-order valence-electron chi connectivity index (χ4n) is 2.64. The third kappa shape index (κ3) is 4.56. The standard InChI is InChI=1S/C14H27N5O/c1-16-6-8-19(9-7-16)12-14(20)11-17(2)10-13-4-5-15-18(13)3/h4-5,14,20H,6-12H2,1-3H3. The maximum Gasteiger partial charge on any atom is 0.0793 e. The summed E-state index contributed by atoms with van der Waals surface area (Å²) in [5.41, 5.74) is 1.17. The van der Waals surface area contributed by atoms with Gasteiger partial charge in [0.2, 0.25) is 0 Å². The van der Waals surface area contributed by atoms with Crippen molar-refractivity contribution < 1.29 is 5.11 Å². The lowest BCUT2D eigenvalue weighted by Gasteiger charge is -2.34. The van der Waals surface area contributed by atoms with E-state index in [1.807, 2.05) is 31.0 Å². The smallest absolute Gasteiger partial charge is 0.0793 e. The maximum atomic E-state index is 10.2. The van der Waals surface area contributed by atoms with Gasteiger partial charge in [-0.1, -0.05) is 0 Å². The van der Waals surface area contributed by atoms with E-state index in [0.29, 0.717) is 6.54 Å². The number of hydrogen-bond donors (Lipinski definition) is 1. The molecule has 6 nitrogen and oxygen atoms in total. The molecule has 1 saturated heterocycles. The van der Waals surface area contributed by atoms with E-state index in [9.17, 15) is 5.11 Å². The molecule has 114 valence electrons. The highest BCUT2D eigenvalue weighted by molar-refractivity contribution is 4.99. The van der Waals surface area contributed by atoms with Crippen LogP contribution in [0, 0.1) is 0 Å². The van der Waals surface area contributed by atoms with Crippen LogP contribution in [0.4, 0.5) is 0 Å². The molecule has 1 aromatic heterocycles. The van der Waals surface area contributed by atoms with Crippen molar-refractivity contribution in [2.45, 2.75) is 12.6 Å². The SMILES string of the molecule is CN1CCN(CC(O)CN(C)Cc2ccnn2C)CC1. The third-order valence-electron chi connectivity index (χ3n) is 3.94. The van der Waals surface area contributed by atoms with E-state index in [1.165, 1.54) is 5.69 Å². The van der Waals surface area contributed by atoms with Gasteiger partial charge in [0.05, 0.1) is 11.8 Å². The minimum atomic E-state index is -0.295. The minimum Gasteiger partial charge on any atom is -0.390 e. The van der Waals surface area contributed by atoms with Crippen LogP contribution in [0.3, 0.4) is 0 Å². The van der Waals surface area contributed by atoms with Crippen LogP contribution in [-0.4, -0.2) is 89.1 Å². The summed E-state index contributed by atoms with van der Waals surface area (Å²) < 4.78 is 1.88. The molecule has 1 fully saturated rings. The average Bonchev–Trinajstić information content (AvgIpc) is 2.77. The molecule has 0 amide bonds. The Hall–Kier alpha value is -0.950. The second-order valence-electron chi connectivity index (χ2n) is 5.90. The molecule has 0 radical (unpaired) electrons. The first kappa shape index (κ1) is 15.4. The van der Waals surface area contributed by atoms with Gasteiger partial charge in [-0.05, 0) is 20.2 Å². The Labute approximate surface area is 121 Å². The first-order chi connectivity index (χ1) is 9.54. The van der Waals surface area contributed by atoms with Gasteiger partial charge in [0, 0.05) is 59.1 Å². The van der Waals surface area contributed by atoms with Crippen LogP contribution in [0.15, 0.2) is 12.3 Å². The van der Waals surface area contributed by atoms with Crippen LogP contribution >= 0.6 is 0 Å². The van der Waals surface area contributed by atoms with Crippen molar-refractivity contribution in [1.29, 1.82) is 0 Å². The molecule has 1 aliphatic heterocycles. The molecule has 1 aromatic rings. The van der Waals surface area contributed by atoms with Crippen molar-refractivity contribution in [3.8, 4) is 0 Å². The topological polar surface area (TPSA) is 47.8 Å². The Morgan fingerprint density at radius 3 is 2.60 bits per heavy atom. The van der Waals surface area contributed by atoms with Crippen LogP contribution in [0.2, 0.25) is 0 Å². The largest absolute Gasteiger partial charge is 0.390 e. The monoisotopic (exact) mass is 281 g/mol. The van der Waals surface area contributed by atoms with Crippen molar-refractivity contribution in [3.05, 3.63) is 18.0 Å². The molecular weight excluding hydrogens is 254 g/mol. The van der Waals surface area contributed by atoms with Gasteiger partial charge in [-0.3, -0.25) is 14.5 Å². The molecule has 6 heteroatoms. The number of rotatable bonds is 6. The first-order valence-electron chi connectivity index (χ1n) is 7.29. The predicted molar refractivity (Wildman–Crippen MR) is 79.5 cm³/mol. The van der Waals surface area contributed by atoms with Crippen molar-refractivity contribution in [3.63, 3.8) is 0 Å². The Morgan fingerprint density at radius 1 is 1.30 bits per heavy atom. The fourth-order valence-corrected chi connectivity index (χ4v) is 2.64. The molecule has 0 saturated carbocycles. The highest BCUT2D eigenvalue weighted by Crippen LogP contribution is 2.04. The summed E-state index contributed by atoms with van der Waals surface area (Å²) >= 11 is 0. The van der Waals surface area contributed by atoms with E-state index in [2.05, 4.69) is 26.8 Å². The van der Waals surface area contributed by atoms with Gasteiger partial charge >= 0.3 is 0 Å². The summed E-state index contributed by atoms with van der Waals surface area (Å²) in [5, 5.41) is 14.4. The van der Waals surface area contributed by atoms with Gasteiger partial charge in [0.25, 0.3) is 0 Å². The minimum absolute atomic E-state index is 0.295. The van der Waals surface area contributed by atoms with Crippen LogP contribution in [0.25, 0.3) is 0 Å². The Bertz CT molecular complexity index is 400. The summed E-state index contributed by atoms with van der Waals surface area (Å²) in [6, 6.07) is 2.02.